The van der Waals surface area contributed by atoms with Gasteiger partial charge < -0.3 is 4.74 Å². The van der Waals surface area contributed by atoms with Crippen LogP contribution in [0, 0.1) is 6.92 Å². The maximum atomic E-state index is 13.3. The van der Waals surface area contributed by atoms with Gasteiger partial charge in [0.1, 0.15) is 17.0 Å². The molecule has 0 saturated heterocycles. The minimum atomic E-state index is -4.58. The molecule has 1 atom stereocenters. The Morgan fingerprint density at radius 1 is 1.06 bits per heavy atom. The Balaban J connectivity index is 2.04. The van der Waals surface area contributed by atoms with Gasteiger partial charge in [-0.15, -0.1) is 8.19 Å². The molecule has 0 bridgehead atoms. The second-order valence-electron chi connectivity index (χ2n) is 7.07. The van der Waals surface area contributed by atoms with Crippen LogP contribution in [-0.4, -0.2) is 15.0 Å². The first-order valence-electron chi connectivity index (χ1n) is 9.68. The van der Waals surface area contributed by atoms with Crippen LogP contribution in [0.4, 0.5) is 18.9 Å². The molecule has 3 rings (SSSR count). The molecule has 0 fully saturated rings. The van der Waals surface area contributed by atoms with Gasteiger partial charge in [-0.2, -0.15) is 13.2 Å². The average molecular weight is 469 g/mol. The van der Waals surface area contributed by atoms with Crippen LogP contribution < -0.4 is 9.04 Å². The average Bonchev–Trinajstić information content (AvgIpc) is 3.27. The molecule has 0 spiro atoms. The predicted octanol–water partition coefficient (Wildman–Crippen LogP) is 6.23. The molecule has 0 aliphatic rings. The number of aryl methyl sites for hydroxylation is 1. The normalized spacial score (nSPS) is 12.3. The van der Waals surface area contributed by atoms with Gasteiger partial charge in [-0.05, 0) is 49.0 Å². The highest BCUT2D eigenvalue weighted by Gasteiger charge is 2.33. The largest absolute Gasteiger partial charge is 0.487 e. The number of hydrogen-bond acceptors (Lipinski definition) is 3. The number of benzene rings is 2. The first kappa shape index (κ1) is 23.2. The van der Waals surface area contributed by atoms with Crippen molar-refractivity contribution in [2.75, 3.05) is 10.8 Å². The van der Waals surface area contributed by atoms with Crippen LogP contribution in [0.5, 0.6) is 5.75 Å². The third-order valence-electron chi connectivity index (χ3n) is 4.63. The van der Waals surface area contributed by atoms with Crippen molar-refractivity contribution >= 4 is 23.9 Å². The molecule has 4 nitrogen and oxygen atoms in total. The van der Waals surface area contributed by atoms with Gasteiger partial charge in [0, 0.05) is 6.54 Å². The summed E-state index contributed by atoms with van der Waals surface area (Å²) in [6, 6.07) is 13.5. The molecule has 2 aromatic carbocycles. The lowest BCUT2D eigenvalue weighted by atomic mass is 10.1. The maximum Gasteiger partial charge on any atom is 0.416 e. The molecule has 1 aromatic heterocycles. The van der Waals surface area contributed by atoms with Crippen LogP contribution in [-0.2, 0) is 22.8 Å². The zero-order chi connectivity index (χ0) is 22.6. The van der Waals surface area contributed by atoms with Crippen molar-refractivity contribution in [3.05, 3.63) is 77.1 Å². The monoisotopic (exact) mass is 469 g/mol. The summed E-state index contributed by atoms with van der Waals surface area (Å²) >= 11 is 0. The Kier molecular flexibility index (Phi) is 7.02. The first-order valence-corrected chi connectivity index (χ1v) is 12.2. The van der Waals surface area contributed by atoms with E-state index < -0.39 is 21.8 Å². The molecule has 0 aliphatic heterocycles. The van der Waals surface area contributed by atoms with Gasteiger partial charge in [-0.25, -0.2) is 8.42 Å². The van der Waals surface area contributed by atoms with Crippen molar-refractivity contribution in [3.63, 3.8) is 0 Å². The molecule has 31 heavy (non-hydrogen) atoms. The minimum absolute atomic E-state index is 0.0141. The van der Waals surface area contributed by atoms with Crippen LogP contribution in [0.1, 0.15) is 30.0 Å². The summed E-state index contributed by atoms with van der Waals surface area (Å²) in [6.45, 7) is 3.87. The fourth-order valence-corrected chi connectivity index (χ4v) is 6.02. The maximum absolute atomic E-state index is 13.3. The molecular formula is C22H23F3NO3PS. The summed E-state index contributed by atoms with van der Waals surface area (Å²) < 4.78 is 73.5. The quantitative estimate of drug-likeness (QED) is 0.393. The number of anilines is 1. The van der Waals surface area contributed by atoms with Gasteiger partial charge >= 0.3 is 6.18 Å². The summed E-state index contributed by atoms with van der Waals surface area (Å²) in [4.78, 5) is 0. The van der Waals surface area contributed by atoms with Crippen LogP contribution in [0.25, 0.3) is 0 Å². The molecular weight excluding hydrogens is 446 g/mol. The molecule has 0 saturated carbocycles. The van der Waals surface area contributed by atoms with Crippen molar-refractivity contribution in [1.29, 1.82) is 0 Å². The van der Waals surface area contributed by atoms with E-state index in [1.807, 2.05) is 38.1 Å². The van der Waals surface area contributed by atoms with E-state index in [1.165, 1.54) is 12.1 Å². The third kappa shape index (κ3) is 5.43. The lowest BCUT2D eigenvalue weighted by Crippen LogP contribution is -2.31. The van der Waals surface area contributed by atoms with Gasteiger partial charge in [-0.3, -0.25) is 4.31 Å². The zero-order valence-electron chi connectivity index (χ0n) is 17.1. The molecule has 0 radical (unpaired) electrons. The second-order valence-corrected chi connectivity index (χ2v) is 10.4. The van der Waals surface area contributed by atoms with E-state index in [0.29, 0.717) is 6.42 Å². The molecule has 1 unspecified atom stereocenters. The van der Waals surface area contributed by atoms with E-state index in [9.17, 15) is 21.6 Å². The topological polar surface area (TPSA) is 46.6 Å². The van der Waals surface area contributed by atoms with Crippen molar-refractivity contribution in [3.8, 4) is 5.75 Å². The highest BCUT2D eigenvalue weighted by Crippen LogP contribution is 2.40. The van der Waals surface area contributed by atoms with Crippen molar-refractivity contribution in [1.82, 2.24) is 0 Å². The summed E-state index contributed by atoms with van der Waals surface area (Å²) in [5, 5.41) is 0. The molecule has 166 valence electrons. The first-order chi connectivity index (χ1) is 14.6. The highest BCUT2D eigenvalue weighted by atomic mass is 32.2. The smallest absolute Gasteiger partial charge is 0.416 e. The van der Waals surface area contributed by atoms with Crippen molar-refractivity contribution in [2.45, 2.75) is 37.7 Å². The Morgan fingerprint density at radius 2 is 1.77 bits per heavy atom. The molecule has 0 aliphatic carbocycles. The summed E-state index contributed by atoms with van der Waals surface area (Å²) in [6.07, 6.45) is -4.09. The summed E-state index contributed by atoms with van der Waals surface area (Å²) in [5.74, 6) is 1.63. The van der Waals surface area contributed by atoms with Crippen LogP contribution in [0.3, 0.4) is 0 Å². The standard InChI is InChI=1S/C22H23F3NO3PS/c1-3-12-26(31(27,28)21-5-4-13-30-21)19-11-10-18(22(23,24)25)14-20(19)29-15-17-8-6-16(2)7-9-17/h4-11,13-14,30H,3,12,15H2,1-2H3. The lowest BCUT2D eigenvalue weighted by molar-refractivity contribution is -0.137. The van der Waals surface area contributed by atoms with Gasteiger partial charge in [0.25, 0.3) is 10.0 Å². The predicted molar refractivity (Wildman–Crippen MR) is 118 cm³/mol. The van der Waals surface area contributed by atoms with Crippen LogP contribution in [0.2, 0.25) is 0 Å². The van der Waals surface area contributed by atoms with Crippen molar-refractivity contribution < 1.29 is 26.3 Å². The number of nitrogens with zero attached hydrogens (tertiary/aromatic N) is 1. The molecule has 3 aromatic rings. The van der Waals surface area contributed by atoms with Gasteiger partial charge in [-0.1, -0.05) is 42.8 Å². The number of hydrogen-bond donors (Lipinski definition) is 0. The Bertz CT molecular complexity index is 1110. The van der Waals surface area contributed by atoms with Gasteiger partial charge in [0.05, 0.1) is 11.3 Å². The fraction of sp³-hybridized carbons (Fsp3) is 0.273. The minimum Gasteiger partial charge on any atom is -0.487 e. The number of ether oxygens (including phenoxy) is 1. The van der Waals surface area contributed by atoms with E-state index in [1.54, 1.807) is 11.9 Å². The molecule has 0 amide bonds. The van der Waals surface area contributed by atoms with Gasteiger partial charge in [0.15, 0.2) is 0 Å². The van der Waals surface area contributed by atoms with Crippen LogP contribution >= 0.6 is 8.19 Å². The Labute approximate surface area is 181 Å². The second kappa shape index (κ2) is 9.37. The summed E-state index contributed by atoms with van der Waals surface area (Å²) in [5.41, 5.74) is 1.01. The third-order valence-corrected chi connectivity index (χ3v) is 8.22. The van der Waals surface area contributed by atoms with Crippen LogP contribution in [0.15, 0.2) is 65.0 Å². The molecule has 9 heteroatoms. The number of alkyl halides is 3. The lowest BCUT2D eigenvalue weighted by Gasteiger charge is -2.26. The van der Waals surface area contributed by atoms with Gasteiger partial charge in [0.2, 0.25) is 0 Å². The molecule has 0 N–H and O–H groups in total. The van der Waals surface area contributed by atoms with Crippen molar-refractivity contribution in [2.24, 2.45) is 0 Å². The number of rotatable bonds is 8. The SMILES string of the molecule is CCCN(c1ccc(C(F)(F)F)cc1OCc1ccc(C)cc1)S(=O)(=O)c1ccc[pH]1. The van der Waals surface area contributed by atoms with E-state index in [0.717, 1.165) is 27.6 Å². The zero-order valence-corrected chi connectivity index (χ0v) is 18.9. The van der Waals surface area contributed by atoms with E-state index in [2.05, 4.69) is 0 Å². The number of sulfonamides is 1. The molecule has 1 heterocycles. The Morgan fingerprint density at radius 3 is 2.35 bits per heavy atom. The highest BCUT2D eigenvalue weighted by molar-refractivity contribution is 7.95. The number of halogens is 3. The van der Waals surface area contributed by atoms with E-state index >= 15 is 0 Å². The van der Waals surface area contributed by atoms with E-state index in [4.69, 9.17) is 4.74 Å². The Hall–Kier alpha value is -2.44. The van der Waals surface area contributed by atoms with E-state index in [-0.39, 0.29) is 37.4 Å². The fourth-order valence-electron chi connectivity index (χ4n) is 3.02. The summed E-state index contributed by atoms with van der Waals surface area (Å²) in [7, 11) is -3.91.